The number of hydrogen-bond donors (Lipinski definition) is 0. The Morgan fingerprint density at radius 2 is 1.75 bits per heavy atom. The molecule has 0 amide bonds. The lowest BCUT2D eigenvalue weighted by Crippen LogP contribution is -2.08. The van der Waals surface area contributed by atoms with Gasteiger partial charge in [0.05, 0.1) is 12.7 Å². The molecule has 0 saturated heterocycles. The third-order valence-corrected chi connectivity index (χ3v) is 3.83. The van der Waals surface area contributed by atoms with E-state index in [2.05, 4.69) is 15.9 Å². The maximum Gasteiger partial charge on any atom is 0.197 e. The summed E-state index contributed by atoms with van der Waals surface area (Å²) in [4.78, 5) is 12.8. The van der Waals surface area contributed by atoms with Crippen molar-refractivity contribution in [3.63, 3.8) is 0 Å². The fourth-order valence-electron chi connectivity index (χ4n) is 2.35. The fraction of sp³-hybridized carbons (Fsp3) is 0.235. The van der Waals surface area contributed by atoms with Crippen LogP contribution in [0.15, 0.2) is 34.8 Å². The number of benzene rings is 2. The topological polar surface area (TPSA) is 26.3 Å². The highest BCUT2D eigenvalue weighted by Gasteiger charge is 2.19. The van der Waals surface area contributed by atoms with Gasteiger partial charge in [-0.1, -0.05) is 28.1 Å². The first-order valence-electron chi connectivity index (χ1n) is 6.40. The molecule has 0 radical (unpaired) electrons. The van der Waals surface area contributed by atoms with Gasteiger partial charge in [0.25, 0.3) is 0 Å². The Kier molecular flexibility index (Phi) is 4.29. The predicted octanol–water partition coefficient (Wildman–Crippen LogP) is 4.61. The summed E-state index contributed by atoms with van der Waals surface area (Å²) in [6, 6.07) is 9.63. The van der Waals surface area contributed by atoms with Crippen LogP contribution in [0, 0.1) is 20.8 Å². The van der Waals surface area contributed by atoms with Crippen molar-refractivity contribution < 1.29 is 9.53 Å². The molecule has 0 unspecified atom stereocenters. The second-order valence-electron chi connectivity index (χ2n) is 4.95. The van der Waals surface area contributed by atoms with Gasteiger partial charge in [-0.25, -0.2) is 0 Å². The summed E-state index contributed by atoms with van der Waals surface area (Å²) in [5.41, 5.74) is 4.32. The molecule has 0 N–H and O–H groups in total. The Hall–Kier alpha value is -1.61. The Balaban J connectivity index is 2.62. The average Bonchev–Trinajstić information content (AvgIpc) is 2.40. The molecular formula is C17H17BrO2. The van der Waals surface area contributed by atoms with E-state index in [1.807, 2.05) is 51.1 Å². The Labute approximate surface area is 127 Å². The summed E-state index contributed by atoms with van der Waals surface area (Å²) in [5.74, 6) is 0.630. The molecule has 0 spiro atoms. The third-order valence-electron chi connectivity index (χ3n) is 3.33. The minimum Gasteiger partial charge on any atom is -0.496 e. The molecule has 2 aromatic carbocycles. The molecule has 2 nitrogen and oxygen atoms in total. The van der Waals surface area contributed by atoms with Crippen molar-refractivity contribution in [3.05, 3.63) is 62.6 Å². The molecule has 0 aliphatic rings. The van der Waals surface area contributed by atoms with Crippen molar-refractivity contribution in [2.75, 3.05) is 7.11 Å². The molecule has 0 saturated carbocycles. The molecule has 0 bridgehead atoms. The summed E-state index contributed by atoms with van der Waals surface area (Å²) < 4.78 is 6.29. The van der Waals surface area contributed by atoms with Crippen LogP contribution < -0.4 is 4.74 Å². The lowest BCUT2D eigenvalue weighted by Gasteiger charge is -2.13. The van der Waals surface area contributed by atoms with Crippen molar-refractivity contribution in [2.24, 2.45) is 0 Å². The zero-order chi connectivity index (χ0) is 14.9. The third kappa shape index (κ3) is 2.78. The van der Waals surface area contributed by atoms with Crippen molar-refractivity contribution in [3.8, 4) is 5.75 Å². The predicted molar refractivity (Wildman–Crippen MR) is 84.8 cm³/mol. The number of aryl methyl sites for hydroxylation is 3. The van der Waals surface area contributed by atoms with Gasteiger partial charge in [-0.15, -0.1) is 0 Å². The first-order valence-corrected chi connectivity index (χ1v) is 7.19. The summed E-state index contributed by atoms with van der Waals surface area (Å²) in [6.45, 7) is 5.87. The Morgan fingerprint density at radius 1 is 1.05 bits per heavy atom. The standard InChI is InChI=1S/C17H17BrO2/c1-10-7-12(3)16(15(8-10)20-4)17(19)14-9-13(18)6-5-11(14)2/h5-9H,1-4H3. The van der Waals surface area contributed by atoms with E-state index in [-0.39, 0.29) is 5.78 Å². The van der Waals surface area contributed by atoms with Crippen LogP contribution in [0.5, 0.6) is 5.75 Å². The number of ketones is 1. The van der Waals surface area contributed by atoms with Gasteiger partial charge in [0, 0.05) is 10.0 Å². The van der Waals surface area contributed by atoms with Gasteiger partial charge in [0.15, 0.2) is 5.78 Å². The van der Waals surface area contributed by atoms with Gasteiger partial charge in [-0.3, -0.25) is 4.79 Å². The molecule has 0 atom stereocenters. The molecule has 0 aliphatic heterocycles. The minimum absolute atomic E-state index is 0.00171. The van der Waals surface area contributed by atoms with Crippen LogP contribution in [0.2, 0.25) is 0 Å². The molecule has 2 rings (SSSR count). The first kappa shape index (κ1) is 14.8. The van der Waals surface area contributed by atoms with E-state index in [0.717, 1.165) is 21.2 Å². The summed E-state index contributed by atoms with van der Waals surface area (Å²) >= 11 is 3.42. The van der Waals surface area contributed by atoms with E-state index in [1.54, 1.807) is 7.11 Å². The van der Waals surface area contributed by atoms with Crippen molar-refractivity contribution in [1.82, 2.24) is 0 Å². The van der Waals surface area contributed by atoms with E-state index in [4.69, 9.17) is 4.74 Å². The largest absolute Gasteiger partial charge is 0.496 e. The summed E-state index contributed by atoms with van der Waals surface area (Å²) in [6.07, 6.45) is 0. The number of rotatable bonds is 3. The van der Waals surface area contributed by atoms with Crippen molar-refractivity contribution in [1.29, 1.82) is 0 Å². The lowest BCUT2D eigenvalue weighted by atomic mass is 9.94. The Bertz CT molecular complexity index is 675. The second-order valence-corrected chi connectivity index (χ2v) is 5.86. The van der Waals surface area contributed by atoms with Crippen LogP contribution in [-0.4, -0.2) is 12.9 Å². The molecule has 0 heterocycles. The van der Waals surface area contributed by atoms with E-state index in [0.29, 0.717) is 16.9 Å². The number of carbonyl (C=O) groups excluding carboxylic acids is 1. The molecule has 2 aromatic rings. The second kappa shape index (κ2) is 5.80. The van der Waals surface area contributed by atoms with Crippen molar-refractivity contribution >= 4 is 21.7 Å². The smallest absolute Gasteiger partial charge is 0.197 e. The number of halogens is 1. The van der Waals surface area contributed by atoms with Gasteiger partial charge in [0.2, 0.25) is 0 Å². The van der Waals surface area contributed by atoms with Crippen LogP contribution in [-0.2, 0) is 0 Å². The zero-order valence-corrected chi connectivity index (χ0v) is 13.7. The molecule has 20 heavy (non-hydrogen) atoms. The molecular weight excluding hydrogens is 316 g/mol. The SMILES string of the molecule is COc1cc(C)cc(C)c1C(=O)c1cc(Br)ccc1C. The normalized spacial score (nSPS) is 10.4. The minimum atomic E-state index is -0.00171. The number of carbonyl (C=O) groups is 1. The number of ether oxygens (including phenoxy) is 1. The highest BCUT2D eigenvalue weighted by Crippen LogP contribution is 2.28. The number of methoxy groups -OCH3 is 1. The van der Waals surface area contributed by atoms with E-state index < -0.39 is 0 Å². The van der Waals surface area contributed by atoms with E-state index >= 15 is 0 Å². The van der Waals surface area contributed by atoms with Crippen LogP contribution >= 0.6 is 15.9 Å². The van der Waals surface area contributed by atoms with Crippen LogP contribution in [0.1, 0.15) is 32.6 Å². The Morgan fingerprint density at radius 3 is 2.40 bits per heavy atom. The van der Waals surface area contributed by atoms with Gasteiger partial charge in [0.1, 0.15) is 5.75 Å². The molecule has 0 aliphatic carbocycles. The van der Waals surface area contributed by atoms with Gasteiger partial charge >= 0.3 is 0 Å². The first-order chi connectivity index (χ1) is 9.43. The van der Waals surface area contributed by atoms with Gasteiger partial charge in [-0.2, -0.15) is 0 Å². The molecule has 3 heteroatoms. The zero-order valence-electron chi connectivity index (χ0n) is 12.1. The maximum atomic E-state index is 12.8. The molecule has 0 fully saturated rings. The van der Waals surface area contributed by atoms with E-state index in [9.17, 15) is 4.79 Å². The lowest BCUT2D eigenvalue weighted by molar-refractivity contribution is 0.103. The van der Waals surface area contributed by atoms with E-state index in [1.165, 1.54) is 0 Å². The molecule has 104 valence electrons. The highest BCUT2D eigenvalue weighted by atomic mass is 79.9. The van der Waals surface area contributed by atoms with Crippen LogP contribution in [0.4, 0.5) is 0 Å². The monoisotopic (exact) mass is 332 g/mol. The molecule has 0 aromatic heterocycles. The van der Waals surface area contributed by atoms with Gasteiger partial charge in [-0.05, 0) is 55.7 Å². The summed E-state index contributed by atoms with van der Waals surface area (Å²) in [5, 5.41) is 0. The maximum absolute atomic E-state index is 12.8. The highest BCUT2D eigenvalue weighted by molar-refractivity contribution is 9.10. The van der Waals surface area contributed by atoms with Crippen LogP contribution in [0.3, 0.4) is 0 Å². The average molecular weight is 333 g/mol. The van der Waals surface area contributed by atoms with Crippen molar-refractivity contribution in [2.45, 2.75) is 20.8 Å². The quantitative estimate of drug-likeness (QED) is 0.767. The number of hydrogen-bond acceptors (Lipinski definition) is 2. The fourth-order valence-corrected chi connectivity index (χ4v) is 2.72. The van der Waals surface area contributed by atoms with Crippen LogP contribution in [0.25, 0.3) is 0 Å². The summed E-state index contributed by atoms with van der Waals surface area (Å²) in [7, 11) is 1.60. The van der Waals surface area contributed by atoms with Gasteiger partial charge < -0.3 is 4.74 Å².